The van der Waals surface area contributed by atoms with E-state index in [4.69, 9.17) is 25.7 Å². The molecule has 0 spiro atoms. The number of aromatic hydroxyl groups is 1. The van der Waals surface area contributed by atoms with E-state index in [9.17, 15) is 69.3 Å². The number of hydrogen-bond acceptors (Lipinski definition) is 24. The number of aliphatic hydroxyl groups excluding tert-OH is 6. The van der Waals surface area contributed by atoms with Gasteiger partial charge in [-0.3, -0.25) is 33.6 Å². The van der Waals surface area contributed by atoms with Crippen molar-refractivity contribution in [3.05, 3.63) is 102 Å². The summed E-state index contributed by atoms with van der Waals surface area (Å²) >= 11 is 1.33. The third-order valence-electron chi connectivity index (χ3n) is 18.1. The van der Waals surface area contributed by atoms with Gasteiger partial charge in [-0.2, -0.15) is 0 Å². The second-order valence-corrected chi connectivity index (χ2v) is 26.4. The molecule has 99 heavy (non-hydrogen) atoms. The van der Waals surface area contributed by atoms with Gasteiger partial charge in [-0.15, -0.1) is 10.2 Å². The highest BCUT2D eigenvalue weighted by atomic mass is 32.1. The zero-order valence-corrected chi connectivity index (χ0v) is 56.4. The van der Waals surface area contributed by atoms with Crippen LogP contribution < -0.4 is 57.3 Å². The number of carbonyl (C=O) groups excluding carboxylic acids is 7. The summed E-state index contributed by atoms with van der Waals surface area (Å²) in [6.07, 6.45) is -9.58. The minimum Gasteiger partial charge on any atom is -0.504 e. The standard InChI is InChI=1S/C68H91N13O17S/c1-38-36-81-58(59(38)88)64(93)71-35-46(83)33-49(72-60(89)41-8-10-42(11-9-41)65-76-77-66(99-65)43-12-14-44(15-13-43)78-24-26-79(27-25-78)45-16-18-48(19-17-45)97-29-5-4-28-96-3)61(90)73-55(39(2)82)67(94)80-37-47(84)34-50(80)62(91)74-56(63(92)75-57(68(81)95)52(86)21-23-70)53(87)31-40-7-20-51(85)54(32-40)98-30-6-22-69/h7-20,32,38-39,46-47,49-50,52-53,55-59,82-88H,4-6,21-31,33-37,69-70H2,1-3H3,(H,71,93)(H,72,89)(H,73,90)(H,74,91)(H,75,92)/t38-,39+,46+,47+,49?,50-,52+,53+,55-,56-,57-,58-,59-/m0/s1. The smallest absolute Gasteiger partial charge is 0.251 e. The Balaban J connectivity index is 0.916. The van der Waals surface area contributed by atoms with Crippen LogP contribution in [0.1, 0.15) is 68.3 Å². The van der Waals surface area contributed by atoms with Gasteiger partial charge in [0.25, 0.3) is 5.91 Å². The third kappa shape index (κ3) is 19.0. The Morgan fingerprint density at radius 2 is 1.26 bits per heavy atom. The zero-order valence-electron chi connectivity index (χ0n) is 55.6. The van der Waals surface area contributed by atoms with Crippen molar-refractivity contribution in [2.45, 2.75) is 132 Å². The Bertz CT molecular complexity index is 3550. The second-order valence-electron chi connectivity index (χ2n) is 25.4. The van der Waals surface area contributed by atoms with Gasteiger partial charge in [-0.25, -0.2) is 0 Å². The monoisotopic (exact) mass is 1390 g/mol. The number of nitrogens with one attached hydrogen (secondary N) is 5. The number of nitrogens with two attached hydrogens (primary N) is 2. The van der Waals surface area contributed by atoms with E-state index in [0.717, 1.165) is 78.4 Å². The van der Waals surface area contributed by atoms with E-state index < -0.39 is 152 Å². The van der Waals surface area contributed by atoms with E-state index >= 15 is 0 Å². The van der Waals surface area contributed by atoms with Crippen LogP contribution in [0.5, 0.6) is 17.2 Å². The number of fused-ring (bicyclic) bond motifs is 2. The summed E-state index contributed by atoms with van der Waals surface area (Å²) in [4.78, 5) is 108. The lowest BCUT2D eigenvalue weighted by atomic mass is 9.98. The first-order valence-electron chi connectivity index (χ1n) is 33.4. The minimum absolute atomic E-state index is 0.00249. The molecule has 5 aromatic rings. The number of anilines is 2. The molecule has 30 nitrogen and oxygen atoms in total. The summed E-state index contributed by atoms with van der Waals surface area (Å²) in [5, 5.41) is 102. The molecule has 4 aliphatic heterocycles. The Morgan fingerprint density at radius 3 is 1.89 bits per heavy atom. The molecule has 7 amide bonds. The van der Waals surface area contributed by atoms with Gasteiger partial charge in [0.15, 0.2) is 11.5 Å². The molecule has 4 aliphatic rings. The van der Waals surface area contributed by atoms with Crippen LogP contribution in [-0.4, -0.2) is 256 Å². The van der Waals surface area contributed by atoms with Crippen LogP contribution in [0.25, 0.3) is 21.1 Å². The predicted octanol–water partition coefficient (Wildman–Crippen LogP) is -1.27. The van der Waals surface area contributed by atoms with E-state index in [1.165, 1.54) is 48.6 Å². The molecule has 31 heteroatoms. The molecule has 4 saturated heterocycles. The normalized spacial score (nSPS) is 24.7. The number of methoxy groups -OCH3 is 1. The molecule has 0 bridgehead atoms. The first kappa shape index (κ1) is 74.6. The highest BCUT2D eigenvalue weighted by Crippen LogP contribution is 2.34. The number of unbranched alkanes of at least 4 members (excludes halogenated alkanes) is 1. The Morgan fingerprint density at radius 1 is 0.667 bits per heavy atom. The number of rotatable bonds is 23. The van der Waals surface area contributed by atoms with Gasteiger partial charge in [-0.05, 0) is 124 Å². The first-order valence-corrected chi connectivity index (χ1v) is 34.2. The second kappa shape index (κ2) is 34.9. The fourth-order valence-electron chi connectivity index (χ4n) is 12.5. The summed E-state index contributed by atoms with van der Waals surface area (Å²) < 4.78 is 16.7. The van der Waals surface area contributed by atoms with Crippen molar-refractivity contribution in [3.8, 4) is 38.4 Å². The molecule has 0 saturated carbocycles. The maximum Gasteiger partial charge on any atom is 0.251 e. The number of amides is 7. The SMILES string of the molecule is COCCCCOc1ccc(N2CCN(c3ccc(-c4nnc(-c5ccc(C(=O)NC6C[C@@H](O)CNC(=O)[C@@H]7[C@@H](O)[C@@H](C)CN7C(=O)[C@H]([C@H](O)CCN)NC(=O)[C@H]([C@H](O)Cc7ccc(O)c(OCCCN)c7)NC(=O)[C@@H]7C[C@@H](O)CN7C(=O)[C@H]([C@@H](C)O)NC6=O)cc5)s4)cc3)CC2)cc1. The van der Waals surface area contributed by atoms with Crippen LogP contribution in [0.4, 0.5) is 11.4 Å². The van der Waals surface area contributed by atoms with Crippen molar-refractivity contribution in [1.82, 2.24) is 46.6 Å². The summed E-state index contributed by atoms with van der Waals surface area (Å²) in [6, 6.07) is 15.6. The highest BCUT2D eigenvalue weighted by Gasteiger charge is 2.50. The topological polar surface area (TPSA) is 440 Å². The van der Waals surface area contributed by atoms with Crippen LogP contribution in [0.2, 0.25) is 0 Å². The van der Waals surface area contributed by atoms with E-state index in [1.54, 1.807) is 19.2 Å². The maximum absolute atomic E-state index is 14.8. The zero-order chi connectivity index (χ0) is 71.0. The maximum atomic E-state index is 14.8. The molecule has 1 aromatic heterocycles. The van der Waals surface area contributed by atoms with Gasteiger partial charge in [0.05, 0.1) is 49.8 Å². The highest BCUT2D eigenvalue weighted by molar-refractivity contribution is 7.17. The Kier molecular flexibility index (Phi) is 26.3. The molecule has 4 aromatic carbocycles. The lowest BCUT2D eigenvalue weighted by molar-refractivity contribution is -0.147. The van der Waals surface area contributed by atoms with E-state index in [1.807, 2.05) is 24.3 Å². The molecule has 536 valence electrons. The molecule has 9 rings (SSSR count). The van der Waals surface area contributed by atoms with Crippen molar-refractivity contribution < 1.29 is 83.5 Å². The van der Waals surface area contributed by atoms with Crippen LogP contribution in [0, 0.1) is 5.92 Å². The average molecular weight is 1390 g/mol. The summed E-state index contributed by atoms with van der Waals surface area (Å²) in [6.45, 7) is 6.07. The molecule has 16 N–H and O–H groups in total. The first-order chi connectivity index (χ1) is 47.5. The van der Waals surface area contributed by atoms with Crippen molar-refractivity contribution >= 4 is 64.1 Å². The average Bonchev–Trinajstić information content (AvgIpc) is 1.76. The van der Waals surface area contributed by atoms with Crippen LogP contribution >= 0.6 is 11.3 Å². The largest absolute Gasteiger partial charge is 0.504 e. The number of nitrogens with zero attached hydrogens (tertiary/aromatic N) is 6. The van der Waals surface area contributed by atoms with Crippen LogP contribution in [-0.2, 0) is 39.9 Å². The molecule has 0 radical (unpaired) electrons. The van der Waals surface area contributed by atoms with Crippen molar-refractivity contribution in [2.75, 3.05) is 95.6 Å². The number of carbonyl (C=O) groups is 7. The van der Waals surface area contributed by atoms with Gasteiger partial charge in [0.1, 0.15) is 52.0 Å². The van der Waals surface area contributed by atoms with Crippen molar-refractivity contribution in [2.24, 2.45) is 17.4 Å². The number of phenols is 1. The van der Waals surface area contributed by atoms with E-state index in [-0.39, 0.29) is 55.3 Å². The van der Waals surface area contributed by atoms with Gasteiger partial charge in [0.2, 0.25) is 35.4 Å². The third-order valence-corrected chi connectivity index (χ3v) is 19.1. The molecule has 1 unspecified atom stereocenters. The van der Waals surface area contributed by atoms with Gasteiger partial charge < -0.3 is 108 Å². The summed E-state index contributed by atoms with van der Waals surface area (Å²) in [7, 11) is 1.69. The Hall–Kier alpha value is -8.63. The molecule has 0 aliphatic carbocycles. The predicted molar refractivity (Wildman–Crippen MR) is 364 cm³/mol. The number of ether oxygens (including phenoxy) is 3. The quantitative estimate of drug-likeness (QED) is 0.0339. The van der Waals surface area contributed by atoms with Crippen molar-refractivity contribution in [1.29, 1.82) is 0 Å². The molecule has 5 heterocycles. The van der Waals surface area contributed by atoms with Gasteiger partial charge >= 0.3 is 0 Å². The van der Waals surface area contributed by atoms with Crippen molar-refractivity contribution in [3.63, 3.8) is 0 Å². The fraction of sp³-hybridized carbons (Fsp3) is 0.515. The number of hydrogen-bond donors (Lipinski definition) is 14. The van der Waals surface area contributed by atoms with E-state index in [2.05, 4.69) is 70.8 Å². The molecular formula is C68H91N13O17S. The minimum atomic E-state index is -2.04. The molecule has 13 atom stereocenters. The fourth-order valence-corrected chi connectivity index (χ4v) is 13.3. The molecule has 4 fully saturated rings. The van der Waals surface area contributed by atoms with Crippen LogP contribution in [0.3, 0.4) is 0 Å². The number of aromatic nitrogens is 2. The van der Waals surface area contributed by atoms with Gasteiger partial charge in [-0.1, -0.05) is 36.5 Å². The van der Waals surface area contributed by atoms with Crippen LogP contribution in [0.15, 0.2) is 91.0 Å². The lowest BCUT2D eigenvalue weighted by Gasteiger charge is -2.37. The van der Waals surface area contributed by atoms with Gasteiger partial charge in [0, 0.05) is 113 Å². The number of aliphatic hydroxyl groups is 6. The number of piperazine rings is 1. The van der Waals surface area contributed by atoms with E-state index in [0.29, 0.717) is 35.2 Å². The summed E-state index contributed by atoms with van der Waals surface area (Å²) in [5.74, 6) is -7.76. The number of β-amino-alcohol motifs (C(OH)–C–C–N with tert-alkyl or cyclic N) is 1. The number of benzene rings is 4. The summed E-state index contributed by atoms with van der Waals surface area (Å²) in [5.41, 5.74) is 15.4. The molecular weight excluding hydrogens is 1300 g/mol. The number of phenolic OH excluding ortho intramolecular Hbond substituents is 1. The Labute approximate surface area is 577 Å². The lowest BCUT2D eigenvalue weighted by Crippen LogP contribution is -2.64.